The molecule has 172 valence electrons. The van der Waals surface area contributed by atoms with Crippen molar-refractivity contribution in [2.45, 2.75) is 37.2 Å². The largest absolute Gasteiger partial charge is 0.339 e. The Bertz CT molecular complexity index is 1040. The molecule has 6 nitrogen and oxygen atoms in total. The number of hydrogen-bond donors (Lipinski definition) is 0. The molecule has 1 atom stereocenters. The van der Waals surface area contributed by atoms with Crippen molar-refractivity contribution < 1.29 is 17.6 Å². The molecule has 0 N–H and O–H groups in total. The fourth-order valence-electron chi connectivity index (χ4n) is 4.28. The fourth-order valence-corrected chi connectivity index (χ4v) is 5.77. The second kappa shape index (κ2) is 9.68. The summed E-state index contributed by atoms with van der Waals surface area (Å²) >= 11 is 0. The molecule has 1 heterocycles. The average Bonchev–Trinajstić information content (AvgIpc) is 3.64. The Labute approximate surface area is 189 Å². The molecule has 0 spiro atoms. The van der Waals surface area contributed by atoms with E-state index in [2.05, 4.69) is 24.0 Å². The number of rotatable bonds is 8. The highest BCUT2D eigenvalue weighted by atomic mass is 32.2. The predicted octanol–water partition coefficient (Wildman–Crippen LogP) is 2.96. The first-order valence-corrected chi connectivity index (χ1v) is 12.6. The molecule has 0 bridgehead atoms. The van der Waals surface area contributed by atoms with E-state index in [4.69, 9.17) is 0 Å². The molecular weight excluding hydrogens is 429 g/mol. The molecule has 2 fully saturated rings. The molecule has 1 saturated heterocycles. The average molecular weight is 460 g/mol. The van der Waals surface area contributed by atoms with Gasteiger partial charge in [-0.2, -0.15) is 4.31 Å². The third kappa shape index (κ3) is 5.19. The summed E-state index contributed by atoms with van der Waals surface area (Å²) in [5.74, 6) is -0.109. The van der Waals surface area contributed by atoms with E-state index in [0.29, 0.717) is 38.1 Å². The van der Waals surface area contributed by atoms with Crippen molar-refractivity contribution in [3.05, 3.63) is 66.0 Å². The van der Waals surface area contributed by atoms with Gasteiger partial charge in [0.15, 0.2) is 0 Å². The molecule has 1 aliphatic heterocycles. The lowest BCUT2D eigenvalue weighted by Crippen LogP contribution is -2.53. The van der Waals surface area contributed by atoms with E-state index < -0.39 is 15.8 Å². The lowest BCUT2D eigenvalue weighted by Gasteiger charge is -2.36. The van der Waals surface area contributed by atoms with Crippen LogP contribution in [0.2, 0.25) is 0 Å². The highest BCUT2D eigenvalue weighted by molar-refractivity contribution is 7.89. The number of carbonyl (C=O) groups excluding carboxylic acids is 1. The Morgan fingerprint density at radius 1 is 1.03 bits per heavy atom. The monoisotopic (exact) mass is 459 g/mol. The van der Waals surface area contributed by atoms with Gasteiger partial charge in [0.25, 0.3) is 0 Å². The summed E-state index contributed by atoms with van der Waals surface area (Å²) in [5, 5.41) is 0. The SMILES string of the molecule is CC(C1CC1)N(CC(=O)N1CCN(S(=O)(=O)c2ccccc2F)CC1)Cc1ccccc1. The summed E-state index contributed by atoms with van der Waals surface area (Å²) < 4.78 is 40.9. The number of piperazine rings is 1. The van der Waals surface area contributed by atoms with E-state index in [1.807, 2.05) is 18.2 Å². The quantitative estimate of drug-likeness (QED) is 0.609. The van der Waals surface area contributed by atoms with Crippen molar-refractivity contribution in [3.8, 4) is 0 Å². The molecule has 1 amide bonds. The third-order valence-corrected chi connectivity index (χ3v) is 8.42. The Morgan fingerprint density at radius 2 is 1.66 bits per heavy atom. The Kier molecular flexibility index (Phi) is 6.93. The van der Waals surface area contributed by atoms with E-state index in [-0.39, 0.29) is 23.9 Å². The summed E-state index contributed by atoms with van der Waals surface area (Å²) in [6.07, 6.45) is 2.40. The van der Waals surface area contributed by atoms with Crippen LogP contribution in [0.1, 0.15) is 25.3 Å². The van der Waals surface area contributed by atoms with Gasteiger partial charge in [0.05, 0.1) is 6.54 Å². The first-order chi connectivity index (χ1) is 15.4. The minimum Gasteiger partial charge on any atom is -0.339 e. The van der Waals surface area contributed by atoms with Gasteiger partial charge in [0, 0.05) is 38.8 Å². The Hall–Kier alpha value is -2.29. The number of amides is 1. The van der Waals surface area contributed by atoms with E-state index >= 15 is 0 Å². The van der Waals surface area contributed by atoms with Crippen LogP contribution in [0.25, 0.3) is 0 Å². The van der Waals surface area contributed by atoms with Gasteiger partial charge in [-0.3, -0.25) is 9.69 Å². The van der Waals surface area contributed by atoms with Crippen molar-refractivity contribution >= 4 is 15.9 Å². The number of sulfonamides is 1. The van der Waals surface area contributed by atoms with Crippen LogP contribution >= 0.6 is 0 Å². The van der Waals surface area contributed by atoms with Crippen molar-refractivity contribution in [1.29, 1.82) is 0 Å². The molecule has 2 aliphatic rings. The van der Waals surface area contributed by atoms with Crippen LogP contribution in [-0.4, -0.2) is 67.2 Å². The van der Waals surface area contributed by atoms with Gasteiger partial charge in [-0.1, -0.05) is 42.5 Å². The summed E-state index contributed by atoms with van der Waals surface area (Å²) in [6.45, 7) is 4.16. The number of carbonyl (C=O) groups is 1. The fraction of sp³-hybridized carbons (Fsp3) is 0.458. The molecule has 1 aliphatic carbocycles. The molecule has 32 heavy (non-hydrogen) atoms. The zero-order chi connectivity index (χ0) is 22.7. The van der Waals surface area contributed by atoms with Crippen LogP contribution in [0.5, 0.6) is 0 Å². The Balaban J connectivity index is 1.38. The zero-order valence-electron chi connectivity index (χ0n) is 18.4. The molecule has 2 aromatic rings. The van der Waals surface area contributed by atoms with Crippen LogP contribution in [0.15, 0.2) is 59.5 Å². The van der Waals surface area contributed by atoms with Crippen LogP contribution in [0, 0.1) is 11.7 Å². The molecular formula is C24H30FN3O3S. The lowest BCUT2D eigenvalue weighted by molar-refractivity contribution is -0.134. The van der Waals surface area contributed by atoms with E-state index in [1.54, 1.807) is 4.90 Å². The van der Waals surface area contributed by atoms with Gasteiger partial charge in [-0.05, 0) is 43.4 Å². The molecule has 1 saturated carbocycles. The second-order valence-corrected chi connectivity index (χ2v) is 10.6. The zero-order valence-corrected chi connectivity index (χ0v) is 19.2. The smallest absolute Gasteiger partial charge is 0.246 e. The van der Waals surface area contributed by atoms with Crippen molar-refractivity contribution in [2.24, 2.45) is 5.92 Å². The maximum atomic E-state index is 14.0. The molecule has 8 heteroatoms. The summed E-state index contributed by atoms with van der Waals surface area (Å²) in [4.78, 5) is 16.7. The van der Waals surface area contributed by atoms with Gasteiger partial charge in [0.1, 0.15) is 10.7 Å². The summed E-state index contributed by atoms with van der Waals surface area (Å²) in [5.41, 5.74) is 1.17. The molecule has 1 unspecified atom stereocenters. The predicted molar refractivity (Wildman–Crippen MR) is 121 cm³/mol. The molecule has 0 radical (unpaired) electrons. The van der Waals surface area contributed by atoms with Gasteiger partial charge >= 0.3 is 0 Å². The maximum Gasteiger partial charge on any atom is 0.246 e. The van der Waals surface area contributed by atoms with E-state index in [0.717, 1.165) is 6.07 Å². The van der Waals surface area contributed by atoms with Crippen molar-refractivity contribution in [3.63, 3.8) is 0 Å². The third-order valence-electron chi connectivity index (χ3n) is 6.49. The van der Waals surface area contributed by atoms with Gasteiger partial charge in [-0.25, -0.2) is 12.8 Å². The topological polar surface area (TPSA) is 60.9 Å². The first kappa shape index (κ1) is 22.9. The summed E-state index contributed by atoms with van der Waals surface area (Å²) in [6, 6.07) is 15.9. The molecule has 4 rings (SSSR count). The van der Waals surface area contributed by atoms with Gasteiger partial charge in [-0.15, -0.1) is 0 Å². The number of nitrogens with zero attached hydrogens (tertiary/aromatic N) is 3. The van der Waals surface area contributed by atoms with Gasteiger partial charge < -0.3 is 4.90 Å². The van der Waals surface area contributed by atoms with Crippen LogP contribution in [0.4, 0.5) is 4.39 Å². The first-order valence-electron chi connectivity index (χ1n) is 11.2. The summed E-state index contributed by atoms with van der Waals surface area (Å²) in [7, 11) is -3.91. The highest BCUT2D eigenvalue weighted by Crippen LogP contribution is 2.35. The van der Waals surface area contributed by atoms with E-state index in [1.165, 1.54) is 40.9 Å². The van der Waals surface area contributed by atoms with Gasteiger partial charge in [0.2, 0.25) is 15.9 Å². The molecule has 0 aromatic heterocycles. The standard InChI is InChI=1S/C24H30FN3O3S/c1-19(21-11-12-21)27(17-20-7-3-2-4-8-20)18-24(29)26-13-15-28(16-14-26)32(30,31)23-10-6-5-9-22(23)25/h2-10,19,21H,11-18H2,1H3. The van der Waals surface area contributed by atoms with Crippen LogP contribution in [-0.2, 0) is 21.4 Å². The van der Waals surface area contributed by atoms with Crippen LogP contribution in [0.3, 0.4) is 0 Å². The number of benzene rings is 2. The minimum atomic E-state index is -3.91. The second-order valence-electron chi connectivity index (χ2n) is 8.68. The van der Waals surface area contributed by atoms with Crippen molar-refractivity contribution in [1.82, 2.24) is 14.1 Å². The Morgan fingerprint density at radius 3 is 2.28 bits per heavy atom. The number of halogens is 1. The highest BCUT2D eigenvalue weighted by Gasteiger charge is 2.35. The van der Waals surface area contributed by atoms with E-state index in [9.17, 15) is 17.6 Å². The van der Waals surface area contributed by atoms with Crippen molar-refractivity contribution in [2.75, 3.05) is 32.7 Å². The number of hydrogen-bond acceptors (Lipinski definition) is 4. The maximum absolute atomic E-state index is 14.0. The minimum absolute atomic E-state index is 0.0105. The van der Waals surface area contributed by atoms with Crippen LogP contribution < -0.4 is 0 Å². The molecule has 2 aromatic carbocycles. The normalized spacial score (nSPS) is 18.7. The lowest BCUT2D eigenvalue weighted by atomic mass is 10.1.